The van der Waals surface area contributed by atoms with Crippen LogP contribution in [0.1, 0.15) is 16.7 Å². The molecule has 3 aromatic carbocycles. The zero-order valence-corrected chi connectivity index (χ0v) is 25.1. The highest BCUT2D eigenvalue weighted by Crippen LogP contribution is 2.34. The lowest BCUT2D eigenvalue weighted by Crippen LogP contribution is -2.58. The van der Waals surface area contributed by atoms with Crippen molar-refractivity contribution in [3.63, 3.8) is 0 Å². The van der Waals surface area contributed by atoms with Crippen LogP contribution in [-0.2, 0) is 38.8 Å². The van der Waals surface area contributed by atoms with Crippen LogP contribution in [0.5, 0.6) is 17.2 Å². The van der Waals surface area contributed by atoms with Gasteiger partial charge in [-0.15, -0.1) is 11.8 Å². The van der Waals surface area contributed by atoms with Gasteiger partial charge in [0.05, 0.1) is 53.9 Å². The molecule has 1 aliphatic heterocycles. The minimum absolute atomic E-state index is 0.252. The van der Waals surface area contributed by atoms with E-state index in [1.54, 1.807) is 21.3 Å². The van der Waals surface area contributed by atoms with Gasteiger partial charge in [0.25, 0.3) is 0 Å². The van der Waals surface area contributed by atoms with Gasteiger partial charge >= 0.3 is 0 Å². The molecule has 0 aliphatic carbocycles. The normalized spacial score (nSPS) is 21.8. The lowest BCUT2D eigenvalue weighted by Gasteiger charge is -2.44. The van der Waals surface area contributed by atoms with E-state index in [2.05, 4.69) is 10.0 Å². The largest absolute Gasteiger partial charge is 0.497 e. The van der Waals surface area contributed by atoms with Gasteiger partial charge in [-0.05, 0) is 64.9 Å². The predicted octanol–water partition coefficient (Wildman–Crippen LogP) is 6.17. The lowest BCUT2D eigenvalue weighted by atomic mass is 9.97. The molecule has 1 saturated heterocycles. The highest BCUT2D eigenvalue weighted by Gasteiger charge is 2.47. The van der Waals surface area contributed by atoms with Gasteiger partial charge in [0.1, 0.15) is 40.9 Å². The van der Waals surface area contributed by atoms with Crippen LogP contribution in [0.3, 0.4) is 0 Å². The van der Waals surface area contributed by atoms with E-state index >= 15 is 0 Å². The van der Waals surface area contributed by atoms with Crippen LogP contribution in [0.4, 0.5) is 0 Å². The summed E-state index contributed by atoms with van der Waals surface area (Å²) in [6.07, 6.45) is 0.255. The molecular formula is C31H37N3O7S. The van der Waals surface area contributed by atoms with Crippen molar-refractivity contribution in [2.24, 2.45) is 5.11 Å². The van der Waals surface area contributed by atoms with Gasteiger partial charge in [0.2, 0.25) is 0 Å². The molecule has 0 radical (unpaired) electrons. The Bertz CT molecular complexity index is 1270. The summed E-state index contributed by atoms with van der Waals surface area (Å²) in [5.74, 6) is 2.30. The van der Waals surface area contributed by atoms with Gasteiger partial charge in [0.15, 0.2) is 0 Å². The van der Waals surface area contributed by atoms with Crippen molar-refractivity contribution in [1.82, 2.24) is 0 Å². The Morgan fingerprint density at radius 2 is 1.17 bits per heavy atom. The number of thioether (sulfide) groups is 1. The minimum Gasteiger partial charge on any atom is -0.497 e. The first-order valence-electron chi connectivity index (χ1n) is 13.5. The van der Waals surface area contributed by atoms with Gasteiger partial charge < -0.3 is 33.2 Å². The highest BCUT2D eigenvalue weighted by atomic mass is 32.2. The van der Waals surface area contributed by atoms with E-state index in [1.165, 1.54) is 11.8 Å². The molecule has 4 rings (SSSR count). The Labute approximate surface area is 250 Å². The first-order chi connectivity index (χ1) is 20.6. The molecule has 10 nitrogen and oxygen atoms in total. The molecule has 0 bridgehead atoms. The first-order valence-corrected chi connectivity index (χ1v) is 14.8. The second-order valence-electron chi connectivity index (χ2n) is 9.58. The van der Waals surface area contributed by atoms with Gasteiger partial charge in [-0.3, -0.25) is 0 Å². The summed E-state index contributed by atoms with van der Waals surface area (Å²) in [4.78, 5) is 3.12. The summed E-state index contributed by atoms with van der Waals surface area (Å²) < 4.78 is 41.4. The quantitative estimate of drug-likeness (QED) is 0.117. The maximum atomic E-state index is 9.44. The van der Waals surface area contributed by atoms with Crippen molar-refractivity contribution in [2.75, 3.05) is 34.2 Å². The van der Waals surface area contributed by atoms with Crippen LogP contribution in [-0.4, -0.2) is 64.0 Å². The molecule has 0 spiro atoms. The van der Waals surface area contributed by atoms with Crippen molar-refractivity contribution in [3.05, 3.63) is 99.9 Å². The van der Waals surface area contributed by atoms with E-state index < -0.39 is 29.8 Å². The van der Waals surface area contributed by atoms with E-state index in [0.29, 0.717) is 13.2 Å². The molecule has 0 N–H and O–H groups in total. The molecule has 1 heterocycles. The molecule has 3 aromatic rings. The topological polar surface area (TPSA) is 113 Å². The highest BCUT2D eigenvalue weighted by molar-refractivity contribution is 7.99. The van der Waals surface area contributed by atoms with Crippen molar-refractivity contribution in [1.29, 1.82) is 0 Å². The van der Waals surface area contributed by atoms with Crippen molar-refractivity contribution >= 4 is 11.8 Å². The van der Waals surface area contributed by atoms with Crippen molar-refractivity contribution in [3.8, 4) is 17.2 Å². The van der Waals surface area contributed by atoms with E-state index in [1.807, 2.05) is 79.1 Å². The Hall–Kier alpha value is -3.44. The number of hydrogen-bond acceptors (Lipinski definition) is 9. The third-order valence-electron chi connectivity index (χ3n) is 6.94. The average molecular weight is 596 g/mol. The third kappa shape index (κ3) is 8.54. The molecule has 0 amide bonds. The number of methoxy groups -OCH3 is 3. The molecule has 1 fully saturated rings. The molecule has 0 aromatic heterocycles. The van der Waals surface area contributed by atoms with Crippen LogP contribution in [0.15, 0.2) is 77.9 Å². The lowest BCUT2D eigenvalue weighted by molar-refractivity contribution is -0.211. The van der Waals surface area contributed by atoms with Gasteiger partial charge in [-0.2, -0.15) is 0 Å². The van der Waals surface area contributed by atoms with E-state index in [-0.39, 0.29) is 13.2 Å². The third-order valence-corrected chi connectivity index (χ3v) is 7.80. The van der Waals surface area contributed by atoms with Crippen LogP contribution >= 0.6 is 11.8 Å². The summed E-state index contributed by atoms with van der Waals surface area (Å²) in [7, 11) is 4.89. The molecule has 1 aliphatic rings. The average Bonchev–Trinajstić information content (AvgIpc) is 3.04. The number of benzene rings is 3. The molecule has 42 heavy (non-hydrogen) atoms. The summed E-state index contributed by atoms with van der Waals surface area (Å²) in [6.45, 7) is 1.22. The Morgan fingerprint density at radius 3 is 1.60 bits per heavy atom. The molecule has 11 heteroatoms. The zero-order chi connectivity index (χ0) is 29.7. The molecular weight excluding hydrogens is 558 g/mol. The maximum Gasteiger partial charge on any atom is 0.118 e. The zero-order valence-electron chi connectivity index (χ0n) is 24.3. The Morgan fingerprint density at radius 1 is 0.714 bits per heavy atom. The van der Waals surface area contributed by atoms with Gasteiger partial charge in [-0.25, -0.2) is 0 Å². The predicted molar refractivity (Wildman–Crippen MR) is 161 cm³/mol. The van der Waals surface area contributed by atoms with Crippen molar-refractivity contribution < 1.29 is 33.2 Å². The fraction of sp³-hybridized carbons (Fsp3) is 0.419. The molecule has 2 unspecified atom stereocenters. The number of ether oxygens (including phenoxy) is 7. The maximum absolute atomic E-state index is 9.44. The summed E-state index contributed by atoms with van der Waals surface area (Å²) in [6, 6.07) is 22.4. The Balaban J connectivity index is 1.55. The second-order valence-corrected chi connectivity index (χ2v) is 10.5. The fourth-order valence-electron chi connectivity index (χ4n) is 4.64. The van der Waals surface area contributed by atoms with Gasteiger partial charge in [0, 0.05) is 4.91 Å². The standard InChI is InChI=1S/C31H37N3O7S/c1-35-24-11-5-21(6-12-24)17-38-20-27-29(39-18-22-7-13-25(36-2)14-8-22)30(28(33-34-32)31(41-27)42-4)40-19-23-9-15-26(37-3)16-10-23/h5-16,27-31H,17-20H2,1-4H3/t27?,28?,29-,30+,31-/m0/s1. The summed E-state index contributed by atoms with van der Waals surface area (Å²) in [5.41, 5.74) is 11.9. The molecule has 224 valence electrons. The monoisotopic (exact) mass is 595 g/mol. The van der Waals surface area contributed by atoms with Crippen LogP contribution in [0.25, 0.3) is 10.4 Å². The Kier molecular flexibility index (Phi) is 12.2. The number of hydrogen-bond donors (Lipinski definition) is 0. The first kappa shape index (κ1) is 31.5. The molecule has 0 saturated carbocycles. The fourth-order valence-corrected chi connectivity index (χ4v) is 5.38. The van der Waals surface area contributed by atoms with Crippen molar-refractivity contribution in [2.45, 2.75) is 49.6 Å². The smallest absolute Gasteiger partial charge is 0.118 e. The van der Waals surface area contributed by atoms with Crippen LogP contribution in [0, 0.1) is 0 Å². The van der Waals surface area contributed by atoms with Gasteiger partial charge in [-0.1, -0.05) is 41.5 Å². The summed E-state index contributed by atoms with van der Waals surface area (Å²) >= 11 is 1.46. The number of azide groups is 1. The van der Waals surface area contributed by atoms with Crippen LogP contribution in [0.2, 0.25) is 0 Å². The van der Waals surface area contributed by atoms with E-state index in [9.17, 15) is 5.53 Å². The second kappa shape index (κ2) is 16.3. The van der Waals surface area contributed by atoms with E-state index in [4.69, 9.17) is 33.2 Å². The molecule has 5 atom stereocenters. The number of nitrogens with zero attached hydrogens (tertiary/aromatic N) is 3. The van der Waals surface area contributed by atoms with Crippen LogP contribution < -0.4 is 14.2 Å². The minimum atomic E-state index is -0.623. The number of rotatable bonds is 15. The summed E-state index contributed by atoms with van der Waals surface area (Å²) in [5, 5.41) is 4.10. The van der Waals surface area contributed by atoms with E-state index in [0.717, 1.165) is 33.9 Å². The SMILES string of the molecule is COc1ccc(COCC2O[C@@H](SC)C(N=[N+]=[N-])[C@@H](OCc3ccc(OC)cc3)[C@H]2OCc2ccc(OC)cc2)cc1.